The summed E-state index contributed by atoms with van der Waals surface area (Å²) in [6.45, 7) is 5.96. The highest BCUT2D eigenvalue weighted by molar-refractivity contribution is 7.88. The van der Waals surface area contributed by atoms with Crippen LogP contribution in [0.15, 0.2) is 24.3 Å². The maximum absolute atomic E-state index is 12.2. The van der Waals surface area contributed by atoms with Crippen LogP contribution in [0.2, 0.25) is 0 Å². The summed E-state index contributed by atoms with van der Waals surface area (Å²) in [7, 11) is -1.45. The van der Waals surface area contributed by atoms with Crippen LogP contribution < -0.4 is 0 Å². The van der Waals surface area contributed by atoms with Gasteiger partial charge in [0.15, 0.2) is 0 Å². The van der Waals surface area contributed by atoms with E-state index in [-0.39, 0.29) is 11.5 Å². The highest BCUT2D eigenvalue weighted by atomic mass is 32.2. The molecule has 1 spiro atoms. The SMILES string of the molecule is C[C@H](CN1CCC2(CC1)C[C@H](N(C)S(C)(=O)=O)c1ccccc12)C1CCCC1. The van der Waals surface area contributed by atoms with E-state index in [1.165, 1.54) is 49.6 Å². The second kappa shape index (κ2) is 7.73. The molecule has 1 aromatic rings. The first-order chi connectivity index (χ1) is 13.3. The summed E-state index contributed by atoms with van der Waals surface area (Å²) in [4.78, 5) is 2.67. The van der Waals surface area contributed by atoms with E-state index in [9.17, 15) is 8.42 Å². The zero-order valence-electron chi connectivity index (χ0n) is 17.7. The van der Waals surface area contributed by atoms with Crippen LogP contribution in [0.5, 0.6) is 0 Å². The molecule has 2 fully saturated rings. The zero-order valence-corrected chi connectivity index (χ0v) is 18.5. The molecule has 1 aromatic carbocycles. The second-order valence-electron chi connectivity index (χ2n) is 9.69. The van der Waals surface area contributed by atoms with Crippen molar-refractivity contribution >= 4 is 10.0 Å². The quantitative estimate of drug-likeness (QED) is 0.739. The monoisotopic (exact) mass is 404 g/mol. The van der Waals surface area contributed by atoms with Crippen molar-refractivity contribution in [2.45, 2.75) is 63.3 Å². The topological polar surface area (TPSA) is 40.6 Å². The Bertz CT molecular complexity index is 793. The molecule has 1 saturated carbocycles. The van der Waals surface area contributed by atoms with Crippen molar-refractivity contribution in [2.75, 3.05) is 32.9 Å². The number of likely N-dealkylation sites (tertiary alicyclic amines) is 1. The highest BCUT2D eigenvalue weighted by Gasteiger charge is 2.47. The van der Waals surface area contributed by atoms with Crippen molar-refractivity contribution in [1.29, 1.82) is 0 Å². The predicted molar refractivity (Wildman–Crippen MR) is 115 cm³/mol. The molecule has 3 aliphatic rings. The number of rotatable bonds is 5. The largest absolute Gasteiger partial charge is 0.303 e. The van der Waals surface area contributed by atoms with Gasteiger partial charge in [0.25, 0.3) is 0 Å². The molecule has 1 saturated heterocycles. The third-order valence-electron chi connectivity index (χ3n) is 8.00. The zero-order chi connectivity index (χ0) is 19.9. The van der Waals surface area contributed by atoms with Crippen LogP contribution in [0.1, 0.15) is 69.0 Å². The molecule has 1 aliphatic heterocycles. The summed E-state index contributed by atoms with van der Waals surface area (Å²) in [5.74, 6) is 1.73. The van der Waals surface area contributed by atoms with Gasteiger partial charge in [-0.05, 0) is 60.7 Å². The average molecular weight is 405 g/mol. The van der Waals surface area contributed by atoms with Gasteiger partial charge in [0, 0.05) is 13.6 Å². The fourth-order valence-electron chi connectivity index (χ4n) is 6.14. The van der Waals surface area contributed by atoms with E-state index in [2.05, 4.69) is 36.1 Å². The second-order valence-corrected chi connectivity index (χ2v) is 11.7. The van der Waals surface area contributed by atoms with Crippen molar-refractivity contribution in [1.82, 2.24) is 9.21 Å². The van der Waals surface area contributed by atoms with Crippen LogP contribution in [0.3, 0.4) is 0 Å². The summed E-state index contributed by atoms with van der Waals surface area (Å²) < 4.78 is 26.0. The van der Waals surface area contributed by atoms with Crippen LogP contribution in [-0.2, 0) is 15.4 Å². The fourth-order valence-corrected chi connectivity index (χ4v) is 6.79. The minimum absolute atomic E-state index is 0.0184. The summed E-state index contributed by atoms with van der Waals surface area (Å²) in [5.41, 5.74) is 2.77. The summed E-state index contributed by atoms with van der Waals surface area (Å²) in [5, 5.41) is 0. The number of hydrogen-bond acceptors (Lipinski definition) is 3. The van der Waals surface area contributed by atoms with Gasteiger partial charge in [-0.25, -0.2) is 8.42 Å². The van der Waals surface area contributed by atoms with Crippen LogP contribution in [-0.4, -0.2) is 50.6 Å². The van der Waals surface area contributed by atoms with Crippen molar-refractivity contribution in [3.63, 3.8) is 0 Å². The lowest BCUT2D eigenvalue weighted by molar-refractivity contribution is 0.120. The van der Waals surface area contributed by atoms with Gasteiger partial charge in [-0.2, -0.15) is 4.31 Å². The molecule has 1 heterocycles. The lowest BCUT2D eigenvalue weighted by Crippen LogP contribution is -2.44. The van der Waals surface area contributed by atoms with Gasteiger partial charge >= 0.3 is 0 Å². The molecule has 0 radical (unpaired) electrons. The molecule has 0 aromatic heterocycles. The summed E-state index contributed by atoms with van der Waals surface area (Å²) >= 11 is 0. The van der Waals surface area contributed by atoms with Gasteiger partial charge in [0.2, 0.25) is 10.0 Å². The Kier molecular flexibility index (Phi) is 5.62. The Morgan fingerprint density at radius 2 is 1.82 bits per heavy atom. The third-order valence-corrected chi connectivity index (χ3v) is 9.30. The Hall–Kier alpha value is -0.910. The van der Waals surface area contributed by atoms with Gasteiger partial charge in [-0.3, -0.25) is 0 Å². The fraction of sp³-hybridized carbons (Fsp3) is 0.739. The number of fused-ring (bicyclic) bond motifs is 2. The van der Waals surface area contributed by atoms with Gasteiger partial charge in [-0.15, -0.1) is 0 Å². The van der Waals surface area contributed by atoms with Gasteiger partial charge in [0.05, 0.1) is 12.3 Å². The Balaban J connectivity index is 1.47. The van der Waals surface area contributed by atoms with Crippen molar-refractivity contribution in [2.24, 2.45) is 11.8 Å². The maximum Gasteiger partial charge on any atom is 0.211 e. The molecule has 4 rings (SSSR count). The highest BCUT2D eigenvalue weighted by Crippen LogP contribution is 2.52. The molecule has 2 atom stereocenters. The van der Waals surface area contributed by atoms with E-state index in [0.717, 1.165) is 44.2 Å². The molecule has 28 heavy (non-hydrogen) atoms. The van der Waals surface area contributed by atoms with E-state index in [1.54, 1.807) is 11.4 Å². The molecule has 2 aliphatic carbocycles. The average Bonchev–Trinajstić information content (AvgIpc) is 3.30. The Morgan fingerprint density at radius 1 is 1.18 bits per heavy atom. The van der Waals surface area contributed by atoms with E-state index in [1.807, 2.05) is 0 Å². The first kappa shape index (κ1) is 20.4. The number of nitrogens with zero attached hydrogens (tertiary/aromatic N) is 2. The van der Waals surface area contributed by atoms with Crippen molar-refractivity contribution in [3.05, 3.63) is 35.4 Å². The van der Waals surface area contributed by atoms with Gasteiger partial charge < -0.3 is 4.90 Å². The lowest BCUT2D eigenvalue weighted by Gasteiger charge is -2.42. The molecular formula is C23H36N2O2S. The predicted octanol–water partition coefficient (Wildman–Crippen LogP) is 4.18. The number of hydrogen-bond donors (Lipinski definition) is 0. The smallest absolute Gasteiger partial charge is 0.211 e. The molecule has 4 nitrogen and oxygen atoms in total. The number of benzene rings is 1. The first-order valence-electron chi connectivity index (χ1n) is 11.0. The standard InChI is InChI=1S/C23H36N2O2S/c1-18(19-8-4-5-9-19)17-25-14-12-23(13-15-25)16-22(24(2)28(3,26)27)20-10-6-7-11-21(20)23/h6-7,10-11,18-19,22H,4-5,8-9,12-17H2,1-3H3/t18-,22+/m1/s1. The molecule has 0 bridgehead atoms. The van der Waals surface area contributed by atoms with Gasteiger partial charge in [0.1, 0.15) is 0 Å². The van der Waals surface area contributed by atoms with Crippen LogP contribution in [0, 0.1) is 11.8 Å². The van der Waals surface area contributed by atoms with Crippen LogP contribution in [0.4, 0.5) is 0 Å². The van der Waals surface area contributed by atoms with E-state index in [4.69, 9.17) is 0 Å². The molecule has 156 valence electrons. The minimum Gasteiger partial charge on any atom is -0.303 e. The molecule has 0 unspecified atom stereocenters. The summed E-state index contributed by atoms with van der Waals surface area (Å²) in [6.07, 6.45) is 10.2. The molecule has 0 N–H and O–H groups in total. The molecule has 5 heteroatoms. The van der Waals surface area contributed by atoms with Crippen LogP contribution in [0.25, 0.3) is 0 Å². The number of piperidine rings is 1. The van der Waals surface area contributed by atoms with Gasteiger partial charge in [-0.1, -0.05) is 56.9 Å². The molecule has 0 amide bonds. The summed E-state index contributed by atoms with van der Waals surface area (Å²) in [6, 6.07) is 8.56. The van der Waals surface area contributed by atoms with E-state index < -0.39 is 10.0 Å². The third kappa shape index (κ3) is 3.78. The minimum atomic E-state index is -3.20. The Morgan fingerprint density at radius 3 is 2.46 bits per heavy atom. The first-order valence-corrected chi connectivity index (χ1v) is 12.9. The lowest BCUT2D eigenvalue weighted by atomic mass is 9.73. The van der Waals surface area contributed by atoms with Crippen molar-refractivity contribution in [3.8, 4) is 0 Å². The van der Waals surface area contributed by atoms with E-state index in [0.29, 0.717) is 0 Å². The maximum atomic E-state index is 12.2. The van der Waals surface area contributed by atoms with Crippen molar-refractivity contribution < 1.29 is 8.42 Å². The van der Waals surface area contributed by atoms with Crippen LogP contribution >= 0.6 is 0 Å². The van der Waals surface area contributed by atoms with E-state index >= 15 is 0 Å². The normalized spacial score (nSPS) is 26.8. The number of sulfonamides is 1. The Labute approximate surface area is 171 Å². The molecular weight excluding hydrogens is 368 g/mol.